The lowest BCUT2D eigenvalue weighted by molar-refractivity contribution is -0.141. The van der Waals surface area contributed by atoms with Gasteiger partial charge in [-0.25, -0.2) is 4.98 Å². The van der Waals surface area contributed by atoms with Crippen molar-refractivity contribution in [2.75, 3.05) is 11.4 Å². The first kappa shape index (κ1) is 12.7. The van der Waals surface area contributed by atoms with Crippen LogP contribution in [-0.4, -0.2) is 27.2 Å². The van der Waals surface area contributed by atoms with E-state index in [0.29, 0.717) is 19.5 Å². The van der Waals surface area contributed by atoms with Crippen LogP contribution in [0.2, 0.25) is 0 Å². The number of aryl methyl sites for hydroxylation is 1. The van der Waals surface area contributed by atoms with E-state index in [1.165, 1.54) is 0 Å². The van der Waals surface area contributed by atoms with E-state index in [-0.39, 0.29) is 5.92 Å². The van der Waals surface area contributed by atoms with Gasteiger partial charge in [0.05, 0.1) is 12.5 Å². The number of fused-ring (bicyclic) bond motifs is 1. The number of aliphatic carboxylic acids is 1. The molecule has 1 aromatic heterocycles. The molecule has 1 N–H and O–H groups in total. The fourth-order valence-electron chi connectivity index (χ4n) is 2.72. The molecule has 1 unspecified atom stereocenters. The van der Waals surface area contributed by atoms with Gasteiger partial charge in [-0.1, -0.05) is 18.2 Å². The minimum Gasteiger partial charge on any atom is -0.481 e. The largest absolute Gasteiger partial charge is 0.481 e. The fraction of sp³-hybridized carbons (Fsp3) is 0.333. The van der Waals surface area contributed by atoms with Crippen LogP contribution in [0.15, 0.2) is 36.7 Å². The Morgan fingerprint density at radius 3 is 2.95 bits per heavy atom. The maximum atomic E-state index is 11.3. The first-order valence-corrected chi connectivity index (χ1v) is 6.67. The summed E-state index contributed by atoms with van der Waals surface area (Å²) in [5, 5.41) is 9.31. The lowest BCUT2D eigenvalue weighted by atomic mass is 9.92. The number of carbonyl (C=O) groups is 1. The highest BCUT2D eigenvalue weighted by Gasteiger charge is 2.29. The van der Waals surface area contributed by atoms with E-state index in [1.54, 1.807) is 6.20 Å². The van der Waals surface area contributed by atoms with E-state index in [4.69, 9.17) is 0 Å². The van der Waals surface area contributed by atoms with Crippen LogP contribution in [0, 0.1) is 5.92 Å². The van der Waals surface area contributed by atoms with Crippen molar-refractivity contribution in [3.05, 3.63) is 48.0 Å². The maximum Gasteiger partial charge on any atom is 0.308 e. The number of hydrogen-bond donors (Lipinski definition) is 1. The monoisotopic (exact) mass is 271 g/mol. The third-order valence-corrected chi connectivity index (χ3v) is 3.84. The summed E-state index contributed by atoms with van der Waals surface area (Å²) in [6, 6.07) is 8.01. The minimum atomic E-state index is -0.732. The molecule has 2 aromatic rings. The van der Waals surface area contributed by atoms with Crippen molar-refractivity contribution in [3.8, 4) is 0 Å². The number of carboxylic acid groups (broad SMARTS) is 1. The first-order valence-electron chi connectivity index (χ1n) is 6.67. The highest BCUT2D eigenvalue weighted by atomic mass is 16.4. The molecule has 1 atom stereocenters. The zero-order valence-corrected chi connectivity index (χ0v) is 11.4. The van der Waals surface area contributed by atoms with Crippen LogP contribution in [0.5, 0.6) is 0 Å². The fourth-order valence-corrected chi connectivity index (χ4v) is 2.72. The Labute approximate surface area is 117 Å². The van der Waals surface area contributed by atoms with Crippen LogP contribution in [-0.2, 0) is 24.8 Å². The molecule has 1 aliphatic heterocycles. The van der Waals surface area contributed by atoms with Crippen molar-refractivity contribution in [2.45, 2.75) is 13.0 Å². The van der Waals surface area contributed by atoms with E-state index in [0.717, 1.165) is 17.1 Å². The van der Waals surface area contributed by atoms with Crippen LogP contribution in [0.4, 0.5) is 5.69 Å². The van der Waals surface area contributed by atoms with Crippen molar-refractivity contribution >= 4 is 11.7 Å². The lowest BCUT2D eigenvalue weighted by Gasteiger charge is -2.34. The molecule has 0 saturated carbocycles. The quantitative estimate of drug-likeness (QED) is 0.923. The molecule has 0 saturated heterocycles. The molecule has 0 bridgehead atoms. The number of hydrogen-bond acceptors (Lipinski definition) is 3. The van der Waals surface area contributed by atoms with E-state index in [1.807, 2.05) is 36.0 Å². The van der Waals surface area contributed by atoms with Gasteiger partial charge in [0.25, 0.3) is 0 Å². The molecule has 3 rings (SSSR count). The summed E-state index contributed by atoms with van der Waals surface area (Å²) in [5.74, 6) is -0.152. The molecule has 0 fully saturated rings. The second kappa shape index (κ2) is 5.00. The summed E-state index contributed by atoms with van der Waals surface area (Å²) < 4.78 is 1.97. The first-order chi connectivity index (χ1) is 9.65. The lowest BCUT2D eigenvalue weighted by Crippen LogP contribution is -2.39. The van der Waals surface area contributed by atoms with E-state index in [2.05, 4.69) is 16.0 Å². The molecule has 2 heterocycles. The normalized spacial score (nSPS) is 17.9. The van der Waals surface area contributed by atoms with Gasteiger partial charge < -0.3 is 14.6 Å². The number of benzene rings is 1. The number of anilines is 1. The highest BCUT2D eigenvalue weighted by molar-refractivity contribution is 5.73. The maximum absolute atomic E-state index is 11.3. The third-order valence-electron chi connectivity index (χ3n) is 3.84. The number of carboxylic acids is 1. The molecule has 1 aromatic carbocycles. The SMILES string of the molecule is Cn1ccnc1CN1CC(C(=O)O)Cc2ccccc21. The predicted molar refractivity (Wildman–Crippen MR) is 75.5 cm³/mol. The van der Waals surface area contributed by atoms with Gasteiger partial charge in [-0.2, -0.15) is 0 Å². The average Bonchev–Trinajstić information content (AvgIpc) is 2.84. The average molecular weight is 271 g/mol. The molecule has 104 valence electrons. The van der Waals surface area contributed by atoms with Gasteiger partial charge in [-0.15, -0.1) is 0 Å². The third kappa shape index (κ3) is 2.27. The van der Waals surface area contributed by atoms with Crippen molar-refractivity contribution < 1.29 is 9.90 Å². The molecule has 0 spiro atoms. The Kier molecular flexibility index (Phi) is 3.18. The second-order valence-corrected chi connectivity index (χ2v) is 5.20. The number of rotatable bonds is 3. The van der Waals surface area contributed by atoms with Crippen LogP contribution < -0.4 is 4.90 Å². The van der Waals surface area contributed by atoms with Crippen LogP contribution >= 0.6 is 0 Å². The molecule has 0 amide bonds. The van der Waals surface area contributed by atoms with Gasteiger partial charge in [-0.3, -0.25) is 4.79 Å². The molecule has 20 heavy (non-hydrogen) atoms. The molecule has 5 heteroatoms. The summed E-state index contributed by atoms with van der Waals surface area (Å²) >= 11 is 0. The van der Waals surface area contributed by atoms with Crippen LogP contribution in [0.1, 0.15) is 11.4 Å². The second-order valence-electron chi connectivity index (χ2n) is 5.20. The van der Waals surface area contributed by atoms with Gasteiger partial charge in [0.2, 0.25) is 0 Å². The Balaban J connectivity index is 1.92. The summed E-state index contributed by atoms with van der Waals surface area (Å²) in [4.78, 5) is 17.8. The number of imidazole rings is 1. The van der Waals surface area contributed by atoms with Crippen molar-refractivity contribution in [1.29, 1.82) is 0 Å². The van der Waals surface area contributed by atoms with Crippen LogP contribution in [0.3, 0.4) is 0 Å². The predicted octanol–water partition coefficient (Wildman–Crippen LogP) is 1.68. The summed E-state index contributed by atoms with van der Waals surface area (Å²) in [6.07, 6.45) is 4.27. The van der Waals surface area contributed by atoms with E-state index >= 15 is 0 Å². The Morgan fingerprint density at radius 2 is 2.25 bits per heavy atom. The van der Waals surface area contributed by atoms with Crippen LogP contribution in [0.25, 0.3) is 0 Å². The van der Waals surface area contributed by atoms with Gasteiger partial charge in [0.15, 0.2) is 0 Å². The number of para-hydroxylation sites is 1. The Morgan fingerprint density at radius 1 is 1.45 bits per heavy atom. The summed E-state index contributed by atoms with van der Waals surface area (Å²) in [5.41, 5.74) is 2.22. The zero-order chi connectivity index (χ0) is 14.1. The molecular weight excluding hydrogens is 254 g/mol. The summed E-state index contributed by atoms with van der Waals surface area (Å²) in [7, 11) is 1.95. The molecule has 0 aliphatic carbocycles. The summed E-state index contributed by atoms with van der Waals surface area (Å²) in [6.45, 7) is 1.16. The minimum absolute atomic E-state index is 0.356. The van der Waals surface area contributed by atoms with Gasteiger partial charge in [-0.05, 0) is 18.1 Å². The van der Waals surface area contributed by atoms with Gasteiger partial charge in [0, 0.05) is 31.7 Å². The van der Waals surface area contributed by atoms with Crippen molar-refractivity contribution in [2.24, 2.45) is 13.0 Å². The van der Waals surface area contributed by atoms with Crippen molar-refractivity contribution in [1.82, 2.24) is 9.55 Å². The molecule has 1 aliphatic rings. The Bertz CT molecular complexity index is 636. The molecular formula is C15H17N3O2. The topological polar surface area (TPSA) is 58.4 Å². The van der Waals surface area contributed by atoms with Gasteiger partial charge >= 0.3 is 5.97 Å². The highest BCUT2D eigenvalue weighted by Crippen LogP contribution is 2.30. The molecule has 5 nitrogen and oxygen atoms in total. The van der Waals surface area contributed by atoms with E-state index in [9.17, 15) is 9.90 Å². The smallest absolute Gasteiger partial charge is 0.308 e. The number of aromatic nitrogens is 2. The number of nitrogens with zero attached hydrogens (tertiary/aromatic N) is 3. The van der Waals surface area contributed by atoms with E-state index < -0.39 is 5.97 Å². The standard InChI is InChI=1S/C15H17N3O2/c1-17-7-6-16-14(17)10-18-9-12(15(19)20)8-11-4-2-3-5-13(11)18/h2-7,12H,8-10H2,1H3,(H,19,20). The van der Waals surface area contributed by atoms with Crippen molar-refractivity contribution in [3.63, 3.8) is 0 Å². The Hall–Kier alpha value is -2.30. The van der Waals surface area contributed by atoms with Gasteiger partial charge in [0.1, 0.15) is 5.82 Å². The molecule has 0 radical (unpaired) electrons. The zero-order valence-electron chi connectivity index (χ0n) is 11.4.